The normalized spacial score (nSPS) is 13.2. The highest BCUT2D eigenvalue weighted by Crippen LogP contribution is 2.10. The summed E-state index contributed by atoms with van der Waals surface area (Å²) in [5, 5.41) is 5.49. The van der Waals surface area contributed by atoms with Gasteiger partial charge in [0, 0.05) is 30.7 Å². The van der Waals surface area contributed by atoms with E-state index in [0.717, 1.165) is 43.7 Å². The predicted molar refractivity (Wildman–Crippen MR) is 78.2 cm³/mol. The smallest absolute Gasteiger partial charge is 0.0764 e. The van der Waals surface area contributed by atoms with Crippen molar-refractivity contribution in [1.29, 1.82) is 0 Å². The molecule has 0 aliphatic rings. The van der Waals surface area contributed by atoms with Crippen LogP contribution in [0, 0.1) is 0 Å². The fraction of sp³-hybridized carbons (Fsp3) is 0.769. The summed E-state index contributed by atoms with van der Waals surface area (Å²) in [6.07, 6.45) is 3.18. The van der Waals surface area contributed by atoms with Gasteiger partial charge in [-0.1, -0.05) is 22.9 Å². The molecule has 1 heterocycles. The molecule has 18 heavy (non-hydrogen) atoms. The van der Waals surface area contributed by atoms with E-state index in [4.69, 9.17) is 4.74 Å². The van der Waals surface area contributed by atoms with Crippen molar-refractivity contribution >= 4 is 15.9 Å². The second-order valence-electron chi connectivity index (χ2n) is 4.58. The maximum atomic E-state index is 5.44. The quantitative estimate of drug-likeness (QED) is 0.518. The van der Waals surface area contributed by atoms with Crippen molar-refractivity contribution in [2.75, 3.05) is 32.1 Å². The van der Waals surface area contributed by atoms with Crippen LogP contribution in [0.3, 0.4) is 0 Å². The Hall–Kier alpha value is -0.390. The first kappa shape index (κ1) is 15.7. The Balaban J connectivity index is 2.30. The molecule has 0 amide bonds. The number of alkyl halides is 1. The summed E-state index contributed by atoms with van der Waals surface area (Å²) < 4.78 is 7.48. The van der Waals surface area contributed by atoms with Crippen molar-refractivity contribution < 1.29 is 4.74 Å². The van der Waals surface area contributed by atoms with Gasteiger partial charge in [-0.3, -0.25) is 9.58 Å². The summed E-state index contributed by atoms with van der Waals surface area (Å²) in [7, 11) is 2.10. The summed E-state index contributed by atoms with van der Waals surface area (Å²) in [5.74, 6) is 0. The van der Waals surface area contributed by atoms with Crippen molar-refractivity contribution in [3.8, 4) is 0 Å². The predicted octanol–water partition coefficient (Wildman–Crippen LogP) is 2.70. The van der Waals surface area contributed by atoms with E-state index in [0.29, 0.717) is 6.04 Å². The van der Waals surface area contributed by atoms with Gasteiger partial charge in [0.25, 0.3) is 0 Å². The van der Waals surface area contributed by atoms with Crippen LogP contribution in [0.5, 0.6) is 0 Å². The number of rotatable bonds is 9. The van der Waals surface area contributed by atoms with Crippen LogP contribution in [-0.2, 0) is 11.3 Å². The van der Waals surface area contributed by atoms with Crippen LogP contribution in [-0.4, -0.2) is 46.8 Å². The molecule has 0 aliphatic carbocycles. The van der Waals surface area contributed by atoms with E-state index >= 15 is 0 Å². The number of aromatic nitrogens is 2. The van der Waals surface area contributed by atoms with Crippen molar-refractivity contribution in [3.05, 3.63) is 18.0 Å². The van der Waals surface area contributed by atoms with Crippen molar-refractivity contribution in [2.45, 2.75) is 32.9 Å². The van der Waals surface area contributed by atoms with Crippen LogP contribution in [0.2, 0.25) is 0 Å². The Morgan fingerprint density at radius 3 is 2.94 bits per heavy atom. The first-order valence-corrected chi connectivity index (χ1v) is 7.65. The standard InChI is InChI=1S/C13H24BrN3O/c1-4-12(2)17-7-5-13(15-17)11-16(3)8-10-18-9-6-14/h5,7,12H,4,6,8-11H2,1-3H3. The molecule has 5 heteroatoms. The van der Waals surface area contributed by atoms with E-state index in [-0.39, 0.29) is 0 Å². The Kier molecular flexibility index (Phi) is 7.54. The Labute approximate surface area is 118 Å². The third-order valence-corrected chi connectivity index (χ3v) is 3.30. The molecule has 0 radical (unpaired) electrons. The highest BCUT2D eigenvalue weighted by molar-refractivity contribution is 9.09. The molecule has 1 rings (SSSR count). The first-order valence-electron chi connectivity index (χ1n) is 6.53. The van der Waals surface area contributed by atoms with Gasteiger partial charge in [0.05, 0.1) is 18.9 Å². The molecule has 0 saturated carbocycles. The lowest BCUT2D eigenvalue weighted by molar-refractivity contribution is 0.122. The average molecular weight is 318 g/mol. The zero-order chi connectivity index (χ0) is 13.4. The lowest BCUT2D eigenvalue weighted by Gasteiger charge is -2.15. The maximum Gasteiger partial charge on any atom is 0.0764 e. The fourth-order valence-electron chi connectivity index (χ4n) is 1.63. The summed E-state index contributed by atoms with van der Waals surface area (Å²) >= 11 is 3.34. The molecule has 4 nitrogen and oxygen atoms in total. The van der Waals surface area contributed by atoms with Gasteiger partial charge in [-0.15, -0.1) is 0 Å². The second-order valence-corrected chi connectivity index (χ2v) is 5.38. The van der Waals surface area contributed by atoms with E-state index in [1.54, 1.807) is 0 Å². The number of ether oxygens (including phenoxy) is 1. The minimum atomic E-state index is 0.478. The first-order chi connectivity index (χ1) is 8.67. The van der Waals surface area contributed by atoms with Crippen LogP contribution in [0.15, 0.2) is 12.3 Å². The van der Waals surface area contributed by atoms with Gasteiger partial charge < -0.3 is 4.74 Å². The minimum absolute atomic E-state index is 0.478. The fourth-order valence-corrected chi connectivity index (χ4v) is 1.86. The second kappa shape index (κ2) is 8.67. The van der Waals surface area contributed by atoms with Gasteiger partial charge in [-0.05, 0) is 26.5 Å². The van der Waals surface area contributed by atoms with E-state index in [1.807, 2.05) is 4.68 Å². The molecule has 0 bridgehead atoms. The molecule has 0 spiro atoms. The maximum absolute atomic E-state index is 5.44. The van der Waals surface area contributed by atoms with Gasteiger partial charge in [0.15, 0.2) is 0 Å². The minimum Gasteiger partial charge on any atom is -0.379 e. The molecule has 1 aromatic rings. The van der Waals surface area contributed by atoms with E-state index in [1.165, 1.54) is 0 Å². The zero-order valence-electron chi connectivity index (χ0n) is 11.6. The summed E-state index contributed by atoms with van der Waals surface area (Å²) in [4.78, 5) is 2.23. The Morgan fingerprint density at radius 2 is 2.28 bits per heavy atom. The molecule has 0 aliphatic heterocycles. The summed E-state index contributed by atoms with van der Waals surface area (Å²) in [6.45, 7) is 7.73. The molecule has 0 saturated heterocycles. The van der Waals surface area contributed by atoms with E-state index in [9.17, 15) is 0 Å². The molecule has 0 fully saturated rings. The molecule has 1 aromatic heterocycles. The number of likely N-dealkylation sites (N-methyl/N-ethyl adjacent to an activating group) is 1. The van der Waals surface area contributed by atoms with Crippen molar-refractivity contribution in [2.24, 2.45) is 0 Å². The highest BCUT2D eigenvalue weighted by Gasteiger charge is 2.06. The lowest BCUT2D eigenvalue weighted by Crippen LogP contribution is -2.23. The SMILES string of the molecule is CCC(C)n1ccc(CN(C)CCOCCBr)n1. The van der Waals surface area contributed by atoms with Crippen LogP contribution in [0.1, 0.15) is 32.0 Å². The third kappa shape index (κ3) is 5.50. The number of nitrogens with zero attached hydrogens (tertiary/aromatic N) is 3. The van der Waals surface area contributed by atoms with Crippen molar-refractivity contribution in [3.63, 3.8) is 0 Å². The summed E-state index contributed by atoms with van der Waals surface area (Å²) in [5.41, 5.74) is 1.12. The highest BCUT2D eigenvalue weighted by atomic mass is 79.9. The van der Waals surface area contributed by atoms with Crippen LogP contribution >= 0.6 is 15.9 Å². The molecule has 104 valence electrons. The Morgan fingerprint density at radius 1 is 1.50 bits per heavy atom. The van der Waals surface area contributed by atoms with Crippen LogP contribution < -0.4 is 0 Å². The number of halogens is 1. The monoisotopic (exact) mass is 317 g/mol. The topological polar surface area (TPSA) is 30.3 Å². The molecular formula is C13H24BrN3O. The molecule has 0 N–H and O–H groups in total. The van der Waals surface area contributed by atoms with Crippen LogP contribution in [0.25, 0.3) is 0 Å². The molecule has 1 atom stereocenters. The average Bonchev–Trinajstić information content (AvgIpc) is 2.82. The molecule has 0 aromatic carbocycles. The van der Waals surface area contributed by atoms with Gasteiger partial charge >= 0.3 is 0 Å². The Bertz CT molecular complexity index is 330. The van der Waals surface area contributed by atoms with E-state index < -0.39 is 0 Å². The van der Waals surface area contributed by atoms with Gasteiger partial charge in [-0.2, -0.15) is 5.10 Å². The number of hydrogen-bond donors (Lipinski definition) is 0. The van der Waals surface area contributed by atoms with Crippen LogP contribution in [0.4, 0.5) is 0 Å². The summed E-state index contributed by atoms with van der Waals surface area (Å²) in [6, 6.07) is 2.58. The zero-order valence-corrected chi connectivity index (χ0v) is 13.2. The van der Waals surface area contributed by atoms with Gasteiger partial charge in [-0.25, -0.2) is 0 Å². The van der Waals surface area contributed by atoms with Crippen molar-refractivity contribution in [1.82, 2.24) is 14.7 Å². The lowest BCUT2D eigenvalue weighted by atomic mass is 10.3. The molecular weight excluding hydrogens is 294 g/mol. The molecule has 1 unspecified atom stereocenters. The van der Waals surface area contributed by atoms with Gasteiger partial charge in [0.2, 0.25) is 0 Å². The largest absolute Gasteiger partial charge is 0.379 e. The number of hydrogen-bond acceptors (Lipinski definition) is 3. The van der Waals surface area contributed by atoms with E-state index in [2.05, 4.69) is 59.1 Å². The third-order valence-electron chi connectivity index (χ3n) is 2.98. The van der Waals surface area contributed by atoms with Gasteiger partial charge in [0.1, 0.15) is 0 Å².